The van der Waals surface area contributed by atoms with Crippen molar-refractivity contribution < 1.29 is 8.76 Å². The highest BCUT2D eigenvalue weighted by Crippen LogP contribution is 2.11. The van der Waals surface area contributed by atoms with Crippen molar-refractivity contribution in [1.82, 2.24) is 0 Å². The molecule has 0 spiro atoms. The number of alkyl halides is 2. The van der Waals surface area contributed by atoms with Gasteiger partial charge in [-0.2, -0.15) is 0 Å². The Morgan fingerprint density at radius 2 is 1.69 bits per heavy atom. The zero-order valence-corrected chi connectivity index (χ0v) is 12.1. The van der Waals surface area contributed by atoms with Crippen LogP contribution >= 0.6 is 45.2 Å². The van der Waals surface area contributed by atoms with E-state index in [0.717, 1.165) is 0 Å². The fourth-order valence-corrected chi connectivity index (χ4v) is 0.534. The van der Waals surface area contributed by atoms with Crippen molar-refractivity contribution in [3.63, 3.8) is 0 Å². The Morgan fingerprint density at radius 1 is 1.31 bits per heavy atom. The van der Waals surface area contributed by atoms with Crippen LogP contribution in [0.25, 0.3) is 0 Å². The molecule has 0 saturated carbocycles. The van der Waals surface area contributed by atoms with Gasteiger partial charge in [0.25, 0.3) is 0 Å². The molecule has 0 radical (unpaired) electrons. The Morgan fingerprint density at radius 3 is 1.85 bits per heavy atom. The molecule has 0 N–H and O–H groups in total. The lowest BCUT2D eigenvalue weighted by molar-refractivity contribution is 0.542. The van der Waals surface area contributed by atoms with Crippen molar-refractivity contribution >= 4 is 56.3 Å². The van der Waals surface area contributed by atoms with Crippen LogP contribution in [0.5, 0.6) is 0 Å². The van der Waals surface area contributed by atoms with Gasteiger partial charge in [0.05, 0.1) is 0 Å². The summed E-state index contributed by atoms with van der Waals surface area (Å²) >= 11 is 1.72. The Balaban J connectivity index is 0.000000226. The van der Waals surface area contributed by atoms with Crippen LogP contribution in [-0.4, -0.2) is 10.0 Å². The number of hydrogen-bond acceptors (Lipinski definition) is 2. The van der Waals surface area contributed by atoms with Crippen LogP contribution in [0.4, 0.5) is 0 Å². The smallest absolute Gasteiger partial charge is 0.124 e. The first kappa shape index (κ1) is 13.8. The van der Waals surface area contributed by atoms with Gasteiger partial charge in [0.15, 0.2) is 0 Å². The third-order valence-electron chi connectivity index (χ3n) is 1.09. The Kier molecular flexibility index (Phi) is 8.62. The van der Waals surface area contributed by atoms with E-state index in [-0.39, 0.29) is 1.26 Å². The third-order valence-corrected chi connectivity index (χ3v) is 3.87. The van der Waals surface area contributed by atoms with Crippen molar-refractivity contribution in [3.8, 4) is 0 Å². The summed E-state index contributed by atoms with van der Waals surface area (Å²) < 4.78 is 19.1. The third kappa shape index (κ3) is 9.10. The normalized spacial score (nSPS) is 11.8. The molecule has 1 rings (SSSR count). The van der Waals surface area contributed by atoms with Gasteiger partial charge in [-0.3, -0.25) is 4.21 Å². The highest BCUT2D eigenvalue weighted by molar-refractivity contribution is 14.2. The minimum absolute atomic E-state index is 0.291. The Hall–Kier alpha value is 0.790. The summed E-state index contributed by atoms with van der Waals surface area (Å²) in [6.45, 7) is 2.08. The summed E-state index contributed by atoms with van der Waals surface area (Å²) in [7, 11) is 0. The number of hydrogen-bond donors (Lipinski definition) is 0. The Labute approximate surface area is 108 Å². The summed E-state index contributed by atoms with van der Waals surface area (Å²) in [5.41, 5.74) is 1.32. The van der Waals surface area contributed by atoms with E-state index in [2.05, 4.69) is 19.1 Å². The van der Waals surface area contributed by atoms with Crippen LogP contribution in [0.3, 0.4) is 0 Å². The predicted octanol–water partition coefficient (Wildman–Crippen LogP) is 3.01. The SMILES string of the molecule is Cc1ccccc1.O=S([O-])C(I)I. The zero-order chi connectivity index (χ0) is 10.3. The molecule has 0 aliphatic heterocycles. The number of benzene rings is 1. The minimum Gasteiger partial charge on any atom is -0.771 e. The number of rotatable bonds is 1. The monoisotopic (exact) mass is 423 g/mol. The van der Waals surface area contributed by atoms with Crippen molar-refractivity contribution in [2.24, 2.45) is 0 Å². The molecule has 0 saturated heterocycles. The molecule has 0 amide bonds. The second-order valence-corrected chi connectivity index (χ2v) is 9.73. The van der Waals surface area contributed by atoms with E-state index in [1.54, 1.807) is 45.2 Å². The van der Waals surface area contributed by atoms with Gasteiger partial charge >= 0.3 is 0 Å². The molecule has 0 aliphatic carbocycles. The maximum atomic E-state index is 9.68. The molecule has 1 aromatic rings. The molecule has 0 bridgehead atoms. The summed E-state index contributed by atoms with van der Waals surface area (Å²) in [6.07, 6.45) is 0. The summed E-state index contributed by atoms with van der Waals surface area (Å²) in [5, 5.41) is 0. The van der Waals surface area contributed by atoms with Gasteiger partial charge in [-0.1, -0.05) is 81.1 Å². The molecule has 0 aromatic heterocycles. The van der Waals surface area contributed by atoms with Crippen LogP contribution in [-0.2, 0) is 11.1 Å². The molecule has 1 atom stereocenters. The molecule has 13 heavy (non-hydrogen) atoms. The van der Waals surface area contributed by atoms with Gasteiger partial charge in [-0.05, 0) is 18.0 Å². The largest absolute Gasteiger partial charge is 0.771 e. The van der Waals surface area contributed by atoms with Gasteiger partial charge in [-0.25, -0.2) is 0 Å². The predicted molar refractivity (Wildman–Crippen MR) is 71.9 cm³/mol. The van der Waals surface area contributed by atoms with E-state index in [1.165, 1.54) is 5.56 Å². The molecule has 5 heteroatoms. The average Bonchev–Trinajstić information content (AvgIpc) is 2.06. The lowest BCUT2D eigenvalue weighted by atomic mass is 10.2. The molecule has 1 aromatic carbocycles. The maximum absolute atomic E-state index is 9.68. The van der Waals surface area contributed by atoms with E-state index < -0.39 is 11.1 Å². The van der Waals surface area contributed by atoms with Crippen LogP contribution in [0.2, 0.25) is 0 Å². The fourth-order valence-electron chi connectivity index (χ4n) is 0.534. The molecule has 0 heterocycles. The first-order valence-corrected chi connectivity index (χ1v) is 7.05. The number of halogens is 2. The molecule has 0 aliphatic rings. The van der Waals surface area contributed by atoms with Crippen LogP contribution in [0, 0.1) is 6.92 Å². The molecular weight excluding hydrogens is 414 g/mol. The molecule has 0 fully saturated rings. The van der Waals surface area contributed by atoms with Gasteiger partial charge in [0.2, 0.25) is 0 Å². The average molecular weight is 423 g/mol. The first-order chi connectivity index (χ1) is 6.04. The van der Waals surface area contributed by atoms with Crippen LogP contribution < -0.4 is 0 Å². The van der Waals surface area contributed by atoms with Gasteiger partial charge in [0, 0.05) is 0 Å². The molecule has 2 nitrogen and oxygen atoms in total. The highest BCUT2D eigenvalue weighted by Gasteiger charge is 1.90. The van der Waals surface area contributed by atoms with Crippen molar-refractivity contribution in [2.75, 3.05) is 0 Å². The zero-order valence-electron chi connectivity index (χ0n) is 6.94. The van der Waals surface area contributed by atoms with Gasteiger partial charge in [0.1, 0.15) is 1.26 Å². The topological polar surface area (TPSA) is 40.1 Å². The molecule has 1 unspecified atom stereocenters. The first-order valence-electron chi connectivity index (χ1n) is 3.42. The standard InChI is InChI=1S/C7H8.CH2I2O2S/c1-7-5-3-2-4-6-7;2-1(3)6(4)5/h2-6H,1H3;1H,(H,4,5)/p-1. The van der Waals surface area contributed by atoms with Crippen LogP contribution in [0.15, 0.2) is 30.3 Å². The van der Waals surface area contributed by atoms with E-state index in [4.69, 9.17) is 0 Å². The Bertz CT molecular complexity index is 252. The summed E-state index contributed by atoms with van der Waals surface area (Å²) in [4.78, 5) is 0. The summed E-state index contributed by atoms with van der Waals surface area (Å²) in [6, 6.07) is 10.3. The van der Waals surface area contributed by atoms with Crippen molar-refractivity contribution in [2.45, 2.75) is 8.19 Å². The maximum Gasteiger partial charge on any atom is 0.124 e. The fraction of sp³-hybridized carbons (Fsp3) is 0.250. The molecular formula is C8H9I2O2S-. The number of aryl methyl sites for hydroxylation is 1. The van der Waals surface area contributed by atoms with Crippen LogP contribution in [0.1, 0.15) is 5.56 Å². The van der Waals surface area contributed by atoms with E-state index in [0.29, 0.717) is 0 Å². The van der Waals surface area contributed by atoms with Crippen molar-refractivity contribution in [3.05, 3.63) is 35.9 Å². The van der Waals surface area contributed by atoms with Gasteiger partial charge < -0.3 is 4.55 Å². The second-order valence-electron chi connectivity index (χ2n) is 2.18. The summed E-state index contributed by atoms with van der Waals surface area (Å²) in [5.74, 6) is 0. The quantitative estimate of drug-likeness (QED) is 0.396. The minimum atomic E-state index is -1.89. The lowest BCUT2D eigenvalue weighted by Gasteiger charge is -2.01. The van der Waals surface area contributed by atoms with E-state index in [1.807, 2.05) is 18.2 Å². The van der Waals surface area contributed by atoms with Gasteiger partial charge in [-0.15, -0.1) is 0 Å². The van der Waals surface area contributed by atoms with E-state index in [9.17, 15) is 8.76 Å². The second kappa shape index (κ2) is 8.13. The van der Waals surface area contributed by atoms with E-state index >= 15 is 0 Å². The van der Waals surface area contributed by atoms with Crippen molar-refractivity contribution in [1.29, 1.82) is 0 Å². The lowest BCUT2D eigenvalue weighted by Crippen LogP contribution is -1.93. The molecule has 74 valence electrons. The highest BCUT2D eigenvalue weighted by atomic mass is 127.